The number of carbonyl (C=O) groups is 2. The first kappa shape index (κ1) is 20.7. The number of nitrogens with zero attached hydrogens (tertiary/aromatic N) is 1. The van der Waals surface area contributed by atoms with E-state index in [0.29, 0.717) is 6.42 Å². The van der Waals surface area contributed by atoms with Crippen molar-refractivity contribution in [2.24, 2.45) is 5.92 Å². The van der Waals surface area contributed by atoms with Crippen molar-refractivity contribution in [2.45, 2.75) is 53.0 Å². The molecule has 0 spiro atoms. The summed E-state index contributed by atoms with van der Waals surface area (Å²) >= 11 is 0. The summed E-state index contributed by atoms with van der Waals surface area (Å²) in [5.74, 6) is 0.260. The van der Waals surface area contributed by atoms with Crippen molar-refractivity contribution in [1.29, 1.82) is 0 Å². The first-order valence-corrected chi connectivity index (χ1v) is 9.16. The Morgan fingerprint density at radius 2 is 2.04 bits per heavy atom. The smallest absolute Gasteiger partial charge is 0.179 e. The van der Waals surface area contributed by atoms with Crippen molar-refractivity contribution in [2.75, 3.05) is 0 Å². The molecule has 3 rings (SSSR count). The molecular weight excluding hydrogens is 437 g/mol. The summed E-state index contributed by atoms with van der Waals surface area (Å²) in [6.07, 6.45) is 7.43. The standard InChI is InChI=1S/C22H26NO2.HI/c1-4-10-23-11-9-18(21(14-23)16(3)24)13-19-7-6-17-12-15(2)5-8-20(17)22(19)25;/h5,8-9,11-12,14,19H,4,6-7,10,13H2,1-3H3;1H/q+1;/p-1. The molecule has 0 aliphatic heterocycles. The van der Waals surface area contributed by atoms with Gasteiger partial charge in [-0.1, -0.05) is 30.7 Å². The summed E-state index contributed by atoms with van der Waals surface area (Å²) in [7, 11) is 0. The molecule has 4 heteroatoms. The van der Waals surface area contributed by atoms with Crippen molar-refractivity contribution in [1.82, 2.24) is 0 Å². The highest BCUT2D eigenvalue weighted by Crippen LogP contribution is 2.29. The molecular formula is C22H26INO2. The van der Waals surface area contributed by atoms with Crippen LogP contribution in [0.4, 0.5) is 0 Å². The first-order chi connectivity index (χ1) is 12.0. The predicted molar refractivity (Wildman–Crippen MR) is 98.0 cm³/mol. The van der Waals surface area contributed by atoms with Gasteiger partial charge in [0.15, 0.2) is 24.0 Å². The third-order valence-electron chi connectivity index (χ3n) is 5.09. The van der Waals surface area contributed by atoms with Gasteiger partial charge < -0.3 is 24.0 Å². The molecule has 26 heavy (non-hydrogen) atoms. The summed E-state index contributed by atoms with van der Waals surface area (Å²) in [5, 5.41) is 0. The molecule has 1 aliphatic carbocycles. The third-order valence-corrected chi connectivity index (χ3v) is 5.09. The maximum Gasteiger partial charge on any atom is 0.179 e. The van der Waals surface area contributed by atoms with Gasteiger partial charge in [-0.2, -0.15) is 0 Å². The van der Waals surface area contributed by atoms with Crippen LogP contribution in [0, 0.1) is 12.8 Å². The van der Waals surface area contributed by atoms with Gasteiger partial charge in [-0.25, -0.2) is 4.57 Å². The van der Waals surface area contributed by atoms with Crippen LogP contribution in [0.2, 0.25) is 0 Å². The summed E-state index contributed by atoms with van der Waals surface area (Å²) in [5.41, 5.74) is 4.98. The number of hydrogen-bond acceptors (Lipinski definition) is 2. The largest absolute Gasteiger partial charge is 1.00 e. The normalized spacial score (nSPS) is 16.0. The molecule has 1 atom stereocenters. The van der Waals surface area contributed by atoms with Gasteiger partial charge in [-0.3, -0.25) is 9.59 Å². The second-order valence-electron chi connectivity index (χ2n) is 7.14. The quantitative estimate of drug-likeness (QED) is 0.376. The molecule has 0 bridgehead atoms. The molecule has 0 amide bonds. The highest BCUT2D eigenvalue weighted by atomic mass is 127. The molecule has 3 nitrogen and oxygen atoms in total. The Morgan fingerprint density at radius 3 is 2.73 bits per heavy atom. The summed E-state index contributed by atoms with van der Waals surface area (Å²) in [4.78, 5) is 25.0. The lowest BCUT2D eigenvalue weighted by molar-refractivity contribution is -0.697. The van der Waals surface area contributed by atoms with Crippen molar-refractivity contribution in [3.05, 3.63) is 64.5 Å². The summed E-state index contributed by atoms with van der Waals surface area (Å²) in [6.45, 7) is 6.69. The number of benzene rings is 1. The highest BCUT2D eigenvalue weighted by molar-refractivity contribution is 6.01. The predicted octanol–water partition coefficient (Wildman–Crippen LogP) is 0.887. The monoisotopic (exact) mass is 463 g/mol. The van der Waals surface area contributed by atoms with Crippen LogP contribution in [0.5, 0.6) is 0 Å². The van der Waals surface area contributed by atoms with Crippen LogP contribution in [-0.2, 0) is 19.4 Å². The van der Waals surface area contributed by atoms with E-state index < -0.39 is 0 Å². The second kappa shape index (κ2) is 8.89. The topological polar surface area (TPSA) is 38.0 Å². The number of ketones is 2. The van der Waals surface area contributed by atoms with Crippen molar-refractivity contribution in [3.8, 4) is 0 Å². The van der Waals surface area contributed by atoms with E-state index >= 15 is 0 Å². The van der Waals surface area contributed by atoms with Gasteiger partial charge in [0.25, 0.3) is 0 Å². The van der Waals surface area contributed by atoms with Crippen LogP contribution in [0.15, 0.2) is 36.7 Å². The van der Waals surface area contributed by atoms with Crippen LogP contribution in [-0.4, -0.2) is 11.6 Å². The molecule has 2 aromatic rings. The van der Waals surface area contributed by atoms with E-state index in [1.54, 1.807) is 6.92 Å². The average Bonchev–Trinajstić information content (AvgIpc) is 2.58. The zero-order chi connectivity index (χ0) is 18.0. The Kier molecular flexibility index (Phi) is 7.09. The molecule has 0 fully saturated rings. The molecule has 0 N–H and O–H groups in total. The van der Waals surface area contributed by atoms with Gasteiger partial charge in [0.05, 0.1) is 5.56 Å². The third kappa shape index (κ3) is 4.40. The number of rotatable bonds is 5. The highest BCUT2D eigenvalue weighted by Gasteiger charge is 2.29. The summed E-state index contributed by atoms with van der Waals surface area (Å²) in [6, 6.07) is 8.12. The SMILES string of the molecule is CCC[n+]1ccc(CC2CCc3cc(C)ccc3C2=O)c(C(C)=O)c1.[I-]. The van der Waals surface area contributed by atoms with E-state index in [2.05, 4.69) is 24.5 Å². The van der Waals surface area contributed by atoms with Crippen molar-refractivity contribution in [3.63, 3.8) is 0 Å². The van der Waals surface area contributed by atoms with Gasteiger partial charge in [-0.05, 0) is 44.2 Å². The number of pyridine rings is 1. The first-order valence-electron chi connectivity index (χ1n) is 9.16. The van der Waals surface area contributed by atoms with Crippen LogP contribution in [0.25, 0.3) is 0 Å². The Bertz CT molecular complexity index is 829. The van der Waals surface area contributed by atoms with Gasteiger partial charge in [0.2, 0.25) is 0 Å². The minimum atomic E-state index is -0.0321. The fourth-order valence-electron chi connectivity index (χ4n) is 3.77. The van der Waals surface area contributed by atoms with E-state index in [9.17, 15) is 9.59 Å². The minimum Gasteiger partial charge on any atom is -1.00 e. The molecule has 0 saturated carbocycles. The Labute approximate surface area is 172 Å². The minimum absolute atomic E-state index is 0. The number of Topliss-reactive ketones (excluding diaryl/α,β-unsaturated/α-hetero) is 2. The lowest BCUT2D eigenvalue weighted by Crippen LogP contribution is -3.00. The number of carbonyl (C=O) groups excluding carboxylic acids is 2. The van der Waals surface area contributed by atoms with Gasteiger partial charge in [0.1, 0.15) is 6.54 Å². The molecule has 138 valence electrons. The molecule has 0 saturated heterocycles. The van der Waals surface area contributed by atoms with Crippen molar-refractivity contribution >= 4 is 11.6 Å². The van der Waals surface area contributed by atoms with Gasteiger partial charge in [-0.15, -0.1) is 0 Å². The maximum atomic E-state index is 12.9. The van der Waals surface area contributed by atoms with E-state index in [1.807, 2.05) is 30.6 Å². The zero-order valence-electron chi connectivity index (χ0n) is 15.7. The van der Waals surface area contributed by atoms with Gasteiger partial charge in [0, 0.05) is 24.0 Å². The molecule has 0 radical (unpaired) electrons. The van der Waals surface area contributed by atoms with Crippen LogP contribution >= 0.6 is 0 Å². The maximum absolute atomic E-state index is 12.9. The second-order valence-corrected chi connectivity index (χ2v) is 7.14. The van der Waals surface area contributed by atoms with Crippen LogP contribution in [0.3, 0.4) is 0 Å². The Morgan fingerprint density at radius 1 is 1.27 bits per heavy atom. The fraction of sp³-hybridized carbons (Fsp3) is 0.409. The van der Waals surface area contributed by atoms with E-state index in [-0.39, 0.29) is 41.5 Å². The lowest BCUT2D eigenvalue weighted by atomic mass is 9.79. The molecule has 1 aliphatic rings. The van der Waals surface area contributed by atoms with E-state index in [4.69, 9.17) is 0 Å². The Hall–Kier alpha value is -1.56. The number of fused-ring (bicyclic) bond motifs is 1. The number of hydrogen-bond donors (Lipinski definition) is 0. The average molecular weight is 463 g/mol. The summed E-state index contributed by atoms with van der Waals surface area (Å²) < 4.78 is 2.06. The van der Waals surface area contributed by atoms with Gasteiger partial charge >= 0.3 is 0 Å². The van der Waals surface area contributed by atoms with Crippen molar-refractivity contribution < 1.29 is 38.1 Å². The molecule has 1 aromatic carbocycles. The fourth-order valence-corrected chi connectivity index (χ4v) is 3.77. The molecule has 1 unspecified atom stereocenters. The molecule has 1 aromatic heterocycles. The zero-order valence-corrected chi connectivity index (χ0v) is 17.9. The number of aryl methyl sites for hydroxylation is 3. The van der Waals surface area contributed by atoms with E-state index in [1.165, 1.54) is 11.1 Å². The van der Waals surface area contributed by atoms with E-state index in [0.717, 1.165) is 42.5 Å². The number of halogens is 1. The number of aromatic nitrogens is 1. The molecule has 1 heterocycles. The lowest BCUT2D eigenvalue weighted by Gasteiger charge is -2.24. The Balaban J connectivity index is 0.00000243. The van der Waals surface area contributed by atoms with Crippen LogP contribution in [0.1, 0.15) is 64.1 Å². The van der Waals surface area contributed by atoms with Crippen LogP contribution < -0.4 is 28.5 Å².